The number of likely N-dealkylation sites (N-methyl/N-ethyl adjacent to an activating group) is 1. The third-order valence-corrected chi connectivity index (χ3v) is 5.79. The second-order valence-electron chi connectivity index (χ2n) is 8.11. The Labute approximate surface area is 186 Å². The van der Waals surface area contributed by atoms with Crippen LogP contribution in [0.1, 0.15) is 31.2 Å². The largest absolute Gasteiger partial charge is 0.474 e. The van der Waals surface area contributed by atoms with Gasteiger partial charge in [0.25, 0.3) is 0 Å². The molecule has 0 bridgehead atoms. The second kappa shape index (κ2) is 9.53. The van der Waals surface area contributed by atoms with Crippen molar-refractivity contribution in [2.75, 3.05) is 19.0 Å². The Morgan fingerprint density at radius 2 is 2.03 bits per heavy atom. The van der Waals surface area contributed by atoms with E-state index in [0.717, 1.165) is 31.2 Å². The number of hydrogen-bond acceptors (Lipinski definition) is 7. The monoisotopic (exact) mass is 442 g/mol. The highest BCUT2D eigenvalue weighted by molar-refractivity contribution is 6.31. The molecule has 0 spiro atoms. The molecule has 4 rings (SSSR count). The molecule has 164 valence electrons. The first kappa shape index (κ1) is 21.4. The zero-order chi connectivity index (χ0) is 21.8. The first-order valence-electron chi connectivity index (χ1n) is 10.5. The number of nitrogens with one attached hydrogen (secondary N) is 2. The van der Waals surface area contributed by atoms with Gasteiger partial charge in [0.05, 0.1) is 17.9 Å². The number of nitrogens with two attached hydrogens (primary N) is 1. The van der Waals surface area contributed by atoms with E-state index in [0.29, 0.717) is 41.2 Å². The molecular formula is C22H27ClN6O2. The van der Waals surface area contributed by atoms with Gasteiger partial charge in [0.2, 0.25) is 11.8 Å². The van der Waals surface area contributed by atoms with Crippen molar-refractivity contribution in [1.82, 2.24) is 15.3 Å². The third-order valence-electron chi connectivity index (χ3n) is 5.57. The van der Waals surface area contributed by atoms with Crippen LogP contribution in [-0.2, 0) is 11.3 Å². The van der Waals surface area contributed by atoms with Gasteiger partial charge in [0.1, 0.15) is 11.9 Å². The van der Waals surface area contributed by atoms with E-state index in [2.05, 4.69) is 25.7 Å². The van der Waals surface area contributed by atoms with Crippen molar-refractivity contribution >= 4 is 34.7 Å². The van der Waals surface area contributed by atoms with Crippen molar-refractivity contribution in [2.45, 2.75) is 38.3 Å². The number of aromatic nitrogens is 1. The molecule has 2 aromatic rings. The minimum Gasteiger partial charge on any atom is -0.474 e. The molecule has 0 atom stereocenters. The zero-order valence-corrected chi connectivity index (χ0v) is 18.2. The first-order valence-corrected chi connectivity index (χ1v) is 10.8. The van der Waals surface area contributed by atoms with Crippen LogP contribution in [0.2, 0.25) is 5.02 Å². The maximum absolute atomic E-state index is 12.7. The summed E-state index contributed by atoms with van der Waals surface area (Å²) in [7, 11) is 1.97. The van der Waals surface area contributed by atoms with Crippen molar-refractivity contribution in [2.24, 2.45) is 16.6 Å². The van der Waals surface area contributed by atoms with Crippen molar-refractivity contribution in [3.63, 3.8) is 0 Å². The molecule has 2 aliphatic rings. The molecule has 8 nitrogen and oxygen atoms in total. The molecule has 0 radical (unpaired) electrons. The van der Waals surface area contributed by atoms with Crippen LogP contribution in [0, 0.1) is 5.92 Å². The van der Waals surface area contributed by atoms with Gasteiger partial charge in [-0.3, -0.25) is 20.5 Å². The quantitative estimate of drug-likeness (QED) is 0.614. The SMILES string of the molecule is CN1CC(N)=Nc2c(cc(Cl)cc2NNC(=O)[C@H]2CC[C@H](Oc3ccccn3)CC2)C1. The molecule has 0 saturated heterocycles. The van der Waals surface area contributed by atoms with Gasteiger partial charge in [-0.05, 0) is 56.5 Å². The number of benzene rings is 1. The molecule has 4 N–H and O–H groups in total. The average molecular weight is 443 g/mol. The lowest BCUT2D eigenvalue weighted by Gasteiger charge is -2.28. The van der Waals surface area contributed by atoms with E-state index in [1.807, 2.05) is 31.3 Å². The van der Waals surface area contributed by atoms with Gasteiger partial charge in [-0.15, -0.1) is 0 Å². The van der Waals surface area contributed by atoms with Crippen LogP contribution >= 0.6 is 11.6 Å². The van der Waals surface area contributed by atoms with E-state index in [1.165, 1.54) is 0 Å². The minimum atomic E-state index is -0.0754. The summed E-state index contributed by atoms with van der Waals surface area (Å²) < 4.78 is 5.91. The van der Waals surface area contributed by atoms with Crippen molar-refractivity contribution in [3.05, 3.63) is 47.1 Å². The van der Waals surface area contributed by atoms with Gasteiger partial charge >= 0.3 is 0 Å². The lowest BCUT2D eigenvalue weighted by molar-refractivity contribution is -0.125. The number of nitrogens with zero attached hydrogens (tertiary/aromatic N) is 3. The van der Waals surface area contributed by atoms with E-state index >= 15 is 0 Å². The van der Waals surface area contributed by atoms with Crippen LogP contribution in [-0.4, -0.2) is 41.3 Å². The Morgan fingerprint density at radius 3 is 2.77 bits per heavy atom. The van der Waals surface area contributed by atoms with Crippen LogP contribution in [0.15, 0.2) is 41.5 Å². The summed E-state index contributed by atoms with van der Waals surface area (Å²) in [4.78, 5) is 23.5. The van der Waals surface area contributed by atoms with Gasteiger partial charge in [-0.2, -0.15) is 0 Å². The number of hydrogen-bond donors (Lipinski definition) is 3. The molecule has 1 aliphatic heterocycles. The zero-order valence-electron chi connectivity index (χ0n) is 17.5. The number of halogens is 1. The van der Waals surface area contributed by atoms with Crippen molar-refractivity contribution < 1.29 is 9.53 Å². The molecule has 9 heteroatoms. The van der Waals surface area contributed by atoms with Crippen LogP contribution in [0.4, 0.5) is 11.4 Å². The first-order chi connectivity index (χ1) is 15.0. The summed E-state index contributed by atoms with van der Waals surface area (Å²) in [5, 5.41) is 0.576. The van der Waals surface area contributed by atoms with Gasteiger partial charge < -0.3 is 10.5 Å². The maximum Gasteiger partial charge on any atom is 0.241 e. The number of carbonyl (C=O) groups is 1. The molecule has 31 heavy (non-hydrogen) atoms. The normalized spacial score (nSPS) is 21.4. The summed E-state index contributed by atoms with van der Waals surface area (Å²) in [5.41, 5.74) is 14.2. The Hall–Kier alpha value is -2.84. The van der Waals surface area contributed by atoms with Gasteiger partial charge in [0, 0.05) is 29.7 Å². The number of amides is 1. The Morgan fingerprint density at radius 1 is 1.23 bits per heavy atom. The number of hydrazine groups is 1. The standard InChI is InChI=1S/C22H27ClN6O2/c1-29-12-15-10-16(23)11-18(21(15)26-19(24)13-29)27-28-22(30)14-5-7-17(8-6-14)31-20-4-2-3-9-25-20/h2-4,9-11,14,17,27H,5-8,12-13H2,1H3,(H2,24,26)(H,28,30)/t14-,17-. The van der Waals surface area contributed by atoms with Crippen molar-refractivity contribution in [1.29, 1.82) is 0 Å². The topological polar surface area (TPSA) is 105 Å². The van der Waals surface area contributed by atoms with Gasteiger partial charge in [-0.1, -0.05) is 17.7 Å². The smallest absolute Gasteiger partial charge is 0.241 e. The summed E-state index contributed by atoms with van der Waals surface area (Å²) in [5.74, 6) is 1.02. The Balaban J connectivity index is 1.35. The Bertz CT molecular complexity index is 960. The highest BCUT2D eigenvalue weighted by atomic mass is 35.5. The number of ether oxygens (including phenoxy) is 1. The summed E-state index contributed by atoms with van der Waals surface area (Å²) >= 11 is 6.30. The number of rotatable bonds is 5. The average Bonchev–Trinajstić information content (AvgIpc) is 2.89. The molecule has 2 heterocycles. The molecule has 1 fully saturated rings. The summed E-state index contributed by atoms with van der Waals surface area (Å²) in [6.07, 6.45) is 4.95. The Kier molecular flexibility index (Phi) is 6.58. The van der Waals surface area contributed by atoms with Crippen LogP contribution in [0.5, 0.6) is 5.88 Å². The van der Waals surface area contributed by atoms with Crippen molar-refractivity contribution in [3.8, 4) is 5.88 Å². The fourth-order valence-electron chi connectivity index (χ4n) is 4.07. The predicted octanol–water partition coefficient (Wildman–Crippen LogP) is 3.25. The fraction of sp³-hybridized carbons (Fsp3) is 0.409. The van der Waals surface area contributed by atoms with Crippen LogP contribution in [0.25, 0.3) is 0 Å². The minimum absolute atomic E-state index is 0.0484. The summed E-state index contributed by atoms with van der Waals surface area (Å²) in [6.45, 7) is 1.24. The third kappa shape index (κ3) is 5.45. The fourth-order valence-corrected chi connectivity index (χ4v) is 4.31. The molecular weight excluding hydrogens is 416 g/mol. The van der Waals surface area contributed by atoms with Gasteiger partial charge in [0.15, 0.2) is 0 Å². The van der Waals surface area contributed by atoms with E-state index in [9.17, 15) is 4.79 Å². The number of amidine groups is 1. The highest BCUT2D eigenvalue weighted by Gasteiger charge is 2.28. The van der Waals surface area contributed by atoms with Crippen LogP contribution in [0.3, 0.4) is 0 Å². The maximum atomic E-state index is 12.7. The van der Waals surface area contributed by atoms with Gasteiger partial charge in [-0.25, -0.2) is 9.98 Å². The predicted molar refractivity (Wildman–Crippen MR) is 121 cm³/mol. The number of carbonyl (C=O) groups excluding carboxylic acids is 1. The molecule has 1 aromatic heterocycles. The summed E-state index contributed by atoms with van der Waals surface area (Å²) in [6, 6.07) is 9.24. The molecule has 1 aliphatic carbocycles. The number of aliphatic imine (C=N–C) groups is 1. The van der Waals surface area contributed by atoms with Crippen LogP contribution < -0.4 is 21.3 Å². The molecule has 1 amide bonds. The van der Waals surface area contributed by atoms with E-state index in [1.54, 1.807) is 12.3 Å². The highest BCUT2D eigenvalue weighted by Crippen LogP contribution is 2.35. The number of anilines is 1. The molecule has 1 saturated carbocycles. The van der Waals surface area contributed by atoms with E-state index in [4.69, 9.17) is 22.1 Å². The lowest BCUT2D eigenvalue weighted by Crippen LogP contribution is -2.38. The van der Waals surface area contributed by atoms with E-state index in [-0.39, 0.29) is 17.9 Å². The second-order valence-corrected chi connectivity index (χ2v) is 8.55. The van der Waals surface area contributed by atoms with E-state index < -0.39 is 0 Å². The lowest BCUT2D eigenvalue weighted by atomic mass is 9.87. The molecule has 1 aromatic carbocycles. The molecule has 0 unspecified atom stereocenters. The number of pyridine rings is 1. The number of fused-ring (bicyclic) bond motifs is 1.